The summed E-state index contributed by atoms with van der Waals surface area (Å²) in [7, 11) is 0. The van der Waals surface area contributed by atoms with E-state index >= 15 is 0 Å². The maximum atomic E-state index is 11.1. The summed E-state index contributed by atoms with van der Waals surface area (Å²) >= 11 is 0. The van der Waals surface area contributed by atoms with Crippen molar-refractivity contribution < 1.29 is 24.9 Å². The number of rotatable bonds is 17. The molecule has 0 spiro atoms. The predicted molar refractivity (Wildman–Crippen MR) is 101 cm³/mol. The van der Waals surface area contributed by atoms with E-state index in [9.17, 15) is 35.2 Å². The SMILES string of the molecule is CCCCCC(C(O)C/C=C\CC(O)C(CCCCC=O)[N+](=O)[O-])[N+](=O)[O-]. The molecule has 0 aliphatic rings. The molecule has 4 unspecified atom stereocenters. The van der Waals surface area contributed by atoms with E-state index in [1.54, 1.807) is 0 Å². The Morgan fingerprint density at radius 3 is 1.67 bits per heavy atom. The average Bonchev–Trinajstić information content (AvgIpc) is 2.61. The second kappa shape index (κ2) is 15.2. The monoisotopic (exact) mass is 388 g/mol. The molecule has 0 fully saturated rings. The first-order chi connectivity index (χ1) is 12.8. The lowest BCUT2D eigenvalue weighted by atomic mass is 9.99. The molecule has 9 nitrogen and oxygen atoms in total. The van der Waals surface area contributed by atoms with Crippen molar-refractivity contribution in [3.8, 4) is 0 Å². The number of nitro groups is 2. The number of unbranched alkanes of at least 4 members (excludes halogenated alkanes) is 4. The van der Waals surface area contributed by atoms with Gasteiger partial charge in [-0.05, 0) is 32.1 Å². The molecule has 0 bridgehead atoms. The van der Waals surface area contributed by atoms with Gasteiger partial charge in [-0.2, -0.15) is 0 Å². The number of carbonyl (C=O) groups excluding carboxylic acids is 1. The topological polar surface area (TPSA) is 144 Å². The van der Waals surface area contributed by atoms with Crippen LogP contribution in [0, 0.1) is 20.2 Å². The van der Waals surface area contributed by atoms with Crippen molar-refractivity contribution >= 4 is 6.29 Å². The second-order valence-corrected chi connectivity index (χ2v) is 6.73. The summed E-state index contributed by atoms with van der Waals surface area (Å²) in [6.45, 7) is 1.99. The molecule has 0 aromatic rings. The fourth-order valence-corrected chi connectivity index (χ4v) is 2.85. The Morgan fingerprint density at radius 1 is 0.852 bits per heavy atom. The molecule has 9 heteroatoms. The first-order valence-corrected chi connectivity index (χ1v) is 9.56. The van der Waals surface area contributed by atoms with Crippen LogP contribution in [0.15, 0.2) is 12.2 Å². The van der Waals surface area contributed by atoms with Gasteiger partial charge in [0, 0.05) is 29.1 Å². The van der Waals surface area contributed by atoms with Crippen molar-refractivity contribution in [2.45, 2.75) is 95.4 Å². The Morgan fingerprint density at radius 2 is 1.30 bits per heavy atom. The molecule has 0 saturated carbocycles. The number of hydrogen-bond acceptors (Lipinski definition) is 7. The minimum atomic E-state index is -1.18. The lowest BCUT2D eigenvalue weighted by Gasteiger charge is -2.15. The van der Waals surface area contributed by atoms with Crippen LogP contribution in [0.25, 0.3) is 0 Å². The standard InChI is InChI=1S/C18H32N2O7/c1-2-3-5-10-15(19(24)25)17(22)12-7-8-13-18(23)16(20(26)27)11-6-4-9-14-21/h7-8,14-18,22-23H,2-6,9-13H2,1H3/b8-7-. The van der Waals surface area contributed by atoms with E-state index < -0.39 is 34.1 Å². The number of aliphatic hydroxyl groups is 2. The normalized spacial score (nSPS) is 16.0. The highest BCUT2D eigenvalue weighted by molar-refractivity contribution is 5.48. The van der Waals surface area contributed by atoms with E-state index in [2.05, 4.69) is 0 Å². The summed E-state index contributed by atoms with van der Waals surface area (Å²) in [6.07, 6.45) is 5.91. The van der Waals surface area contributed by atoms with Crippen molar-refractivity contribution in [1.82, 2.24) is 0 Å². The number of aldehydes is 1. The molecule has 0 aliphatic carbocycles. The predicted octanol–water partition coefficient (Wildman–Crippen LogP) is 2.67. The Bertz CT molecular complexity index is 471. The van der Waals surface area contributed by atoms with Gasteiger partial charge in [0.25, 0.3) is 0 Å². The zero-order valence-corrected chi connectivity index (χ0v) is 15.9. The summed E-state index contributed by atoms with van der Waals surface area (Å²) in [5, 5.41) is 42.2. The summed E-state index contributed by atoms with van der Waals surface area (Å²) in [6, 6.07) is -2.15. The molecular formula is C18H32N2O7. The lowest BCUT2D eigenvalue weighted by Crippen LogP contribution is -2.34. The molecule has 0 radical (unpaired) electrons. The fraction of sp³-hybridized carbons (Fsp3) is 0.833. The Balaban J connectivity index is 4.43. The minimum absolute atomic E-state index is 0.0328. The third-order valence-corrected chi connectivity index (χ3v) is 4.53. The molecular weight excluding hydrogens is 356 g/mol. The molecule has 4 atom stereocenters. The van der Waals surface area contributed by atoms with Crippen LogP contribution >= 0.6 is 0 Å². The van der Waals surface area contributed by atoms with E-state index in [-0.39, 0.29) is 19.3 Å². The van der Waals surface area contributed by atoms with Gasteiger partial charge in [-0.3, -0.25) is 20.2 Å². The second-order valence-electron chi connectivity index (χ2n) is 6.73. The molecule has 0 amide bonds. The van der Waals surface area contributed by atoms with E-state index in [0.717, 1.165) is 19.1 Å². The van der Waals surface area contributed by atoms with E-state index in [1.165, 1.54) is 12.2 Å². The smallest absolute Gasteiger partial charge is 0.238 e. The van der Waals surface area contributed by atoms with Crippen LogP contribution < -0.4 is 0 Å². The van der Waals surface area contributed by atoms with Gasteiger partial charge < -0.3 is 15.0 Å². The van der Waals surface area contributed by atoms with Crippen molar-refractivity contribution in [2.75, 3.05) is 0 Å². The van der Waals surface area contributed by atoms with E-state index in [4.69, 9.17) is 0 Å². The highest BCUT2D eigenvalue weighted by atomic mass is 16.6. The Hall–Kier alpha value is -1.87. The molecule has 0 heterocycles. The van der Waals surface area contributed by atoms with Gasteiger partial charge in [0.05, 0.1) is 0 Å². The highest BCUT2D eigenvalue weighted by Crippen LogP contribution is 2.15. The van der Waals surface area contributed by atoms with Crippen LogP contribution in [0.5, 0.6) is 0 Å². The minimum Gasteiger partial charge on any atom is -0.386 e. The lowest BCUT2D eigenvalue weighted by molar-refractivity contribution is -0.535. The van der Waals surface area contributed by atoms with Gasteiger partial charge in [0.15, 0.2) is 0 Å². The summed E-state index contributed by atoms with van der Waals surface area (Å²) in [5.74, 6) is 0. The van der Waals surface area contributed by atoms with Crippen LogP contribution in [0.3, 0.4) is 0 Å². The van der Waals surface area contributed by atoms with Crippen LogP contribution in [0.2, 0.25) is 0 Å². The van der Waals surface area contributed by atoms with Crippen LogP contribution in [0.1, 0.15) is 71.1 Å². The van der Waals surface area contributed by atoms with Crippen LogP contribution in [-0.4, -0.2) is 50.6 Å². The maximum absolute atomic E-state index is 11.1. The maximum Gasteiger partial charge on any atom is 0.238 e. The number of nitrogens with zero attached hydrogens (tertiary/aromatic N) is 2. The molecule has 156 valence electrons. The quantitative estimate of drug-likeness (QED) is 0.128. The van der Waals surface area contributed by atoms with E-state index in [1.807, 2.05) is 6.92 Å². The van der Waals surface area contributed by atoms with Crippen LogP contribution in [0.4, 0.5) is 0 Å². The zero-order chi connectivity index (χ0) is 20.7. The van der Waals surface area contributed by atoms with Gasteiger partial charge in [0.1, 0.15) is 18.5 Å². The molecule has 0 aromatic heterocycles. The van der Waals surface area contributed by atoms with Gasteiger partial charge in [-0.1, -0.05) is 31.9 Å². The van der Waals surface area contributed by atoms with Crippen molar-refractivity contribution in [2.24, 2.45) is 0 Å². The number of carbonyl (C=O) groups is 1. The van der Waals surface area contributed by atoms with Gasteiger partial charge in [-0.25, -0.2) is 0 Å². The summed E-state index contributed by atoms with van der Waals surface area (Å²) in [4.78, 5) is 31.4. The van der Waals surface area contributed by atoms with Crippen molar-refractivity contribution in [1.29, 1.82) is 0 Å². The van der Waals surface area contributed by atoms with Gasteiger partial charge >= 0.3 is 0 Å². The fourth-order valence-electron chi connectivity index (χ4n) is 2.85. The van der Waals surface area contributed by atoms with Crippen molar-refractivity contribution in [3.05, 3.63) is 32.4 Å². The molecule has 2 N–H and O–H groups in total. The van der Waals surface area contributed by atoms with Gasteiger partial charge in [-0.15, -0.1) is 0 Å². The van der Waals surface area contributed by atoms with E-state index in [0.29, 0.717) is 32.1 Å². The molecule has 0 rings (SSSR count). The Labute approximate surface area is 159 Å². The first kappa shape index (κ1) is 25.1. The van der Waals surface area contributed by atoms with Crippen LogP contribution in [-0.2, 0) is 4.79 Å². The zero-order valence-electron chi connectivity index (χ0n) is 15.9. The van der Waals surface area contributed by atoms with Crippen molar-refractivity contribution in [3.63, 3.8) is 0 Å². The molecule has 0 aromatic carbocycles. The van der Waals surface area contributed by atoms with Gasteiger partial charge in [0.2, 0.25) is 12.1 Å². The summed E-state index contributed by atoms with van der Waals surface area (Å²) < 4.78 is 0. The molecule has 0 aliphatic heterocycles. The third-order valence-electron chi connectivity index (χ3n) is 4.53. The summed E-state index contributed by atoms with van der Waals surface area (Å²) in [5.41, 5.74) is 0. The first-order valence-electron chi connectivity index (χ1n) is 9.56. The largest absolute Gasteiger partial charge is 0.386 e. The number of aliphatic hydroxyl groups excluding tert-OH is 2. The highest BCUT2D eigenvalue weighted by Gasteiger charge is 2.29. The molecule has 27 heavy (non-hydrogen) atoms. The average molecular weight is 388 g/mol. The Kier molecular flexibility index (Phi) is 14.2. The molecule has 0 saturated heterocycles. The number of hydrogen-bond donors (Lipinski definition) is 2. The third kappa shape index (κ3) is 11.4.